The third-order valence-corrected chi connectivity index (χ3v) is 4.25. The SMILES string of the molecule is O=C(c1cccc(-n2cccn2)c1)N1CCC[C@H]1c1ccco1. The molecule has 0 N–H and O–H groups in total. The molecule has 0 aliphatic carbocycles. The van der Waals surface area contributed by atoms with Gasteiger partial charge in [-0.3, -0.25) is 4.79 Å². The summed E-state index contributed by atoms with van der Waals surface area (Å²) in [6.45, 7) is 0.760. The van der Waals surface area contributed by atoms with Crippen LogP contribution in [0.3, 0.4) is 0 Å². The van der Waals surface area contributed by atoms with Crippen molar-refractivity contribution >= 4 is 5.91 Å². The zero-order valence-corrected chi connectivity index (χ0v) is 12.6. The third-order valence-electron chi connectivity index (χ3n) is 4.25. The molecule has 4 rings (SSSR count). The minimum absolute atomic E-state index is 0.0332. The lowest BCUT2D eigenvalue weighted by Gasteiger charge is -2.23. The second kappa shape index (κ2) is 5.76. The predicted molar refractivity (Wildman–Crippen MR) is 85.3 cm³/mol. The fourth-order valence-electron chi connectivity index (χ4n) is 3.16. The predicted octanol–water partition coefficient (Wildman–Crippen LogP) is 3.44. The van der Waals surface area contributed by atoms with Crippen molar-refractivity contribution in [2.24, 2.45) is 0 Å². The highest BCUT2D eigenvalue weighted by molar-refractivity contribution is 5.95. The number of carbonyl (C=O) groups excluding carboxylic acids is 1. The van der Waals surface area contributed by atoms with E-state index in [1.165, 1.54) is 0 Å². The molecule has 1 atom stereocenters. The summed E-state index contributed by atoms with van der Waals surface area (Å²) in [6.07, 6.45) is 7.19. The maximum absolute atomic E-state index is 12.9. The minimum Gasteiger partial charge on any atom is -0.467 e. The summed E-state index contributed by atoms with van der Waals surface area (Å²) >= 11 is 0. The van der Waals surface area contributed by atoms with E-state index < -0.39 is 0 Å². The summed E-state index contributed by atoms with van der Waals surface area (Å²) in [6, 6.07) is 13.3. The smallest absolute Gasteiger partial charge is 0.254 e. The minimum atomic E-state index is 0.0332. The van der Waals surface area contributed by atoms with E-state index in [0.29, 0.717) is 5.56 Å². The van der Waals surface area contributed by atoms with Gasteiger partial charge < -0.3 is 9.32 Å². The number of benzene rings is 1. The molecular formula is C18H17N3O2. The second-order valence-corrected chi connectivity index (χ2v) is 5.67. The van der Waals surface area contributed by atoms with E-state index in [0.717, 1.165) is 30.8 Å². The van der Waals surface area contributed by atoms with E-state index in [1.54, 1.807) is 17.1 Å². The number of amides is 1. The van der Waals surface area contributed by atoms with E-state index in [9.17, 15) is 4.79 Å². The number of hydrogen-bond acceptors (Lipinski definition) is 3. The number of rotatable bonds is 3. The summed E-state index contributed by atoms with van der Waals surface area (Å²) in [5.74, 6) is 0.900. The van der Waals surface area contributed by atoms with E-state index in [2.05, 4.69) is 5.10 Å². The Labute approximate surface area is 134 Å². The van der Waals surface area contributed by atoms with E-state index in [-0.39, 0.29) is 11.9 Å². The van der Waals surface area contributed by atoms with Crippen LogP contribution in [0.4, 0.5) is 0 Å². The van der Waals surface area contributed by atoms with Crippen molar-refractivity contribution in [3.63, 3.8) is 0 Å². The Kier molecular flexibility index (Phi) is 3.46. The van der Waals surface area contributed by atoms with E-state index in [4.69, 9.17) is 4.42 Å². The number of nitrogens with zero attached hydrogens (tertiary/aromatic N) is 3. The van der Waals surface area contributed by atoms with Gasteiger partial charge in [0, 0.05) is 24.5 Å². The molecule has 0 saturated carbocycles. The van der Waals surface area contributed by atoms with Crippen LogP contribution in [0.5, 0.6) is 0 Å². The standard InChI is InChI=1S/C18H17N3O2/c22-18(20-10-2-7-16(20)17-8-3-12-23-17)14-5-1-6-15(13-14)21-11-4-9-19-21/h1,3-6,8-9,11-13,16H,2,7,10H2/t16-/m0/s1. The van der Waals surface area contributed by atoms with Crippen molar-refractivity contribution < 1.29 is 9.21 Å². The Morgan fingerprint density at radius 3 is 2.96 bits per heavy atom. The quantitative estimate of drug-likeness (QED) is 0.745. The molecule has 0 bridgehead atoms. The van der Waals surface area contributed by atoms with Crippen molar-refractivity contribution in [3.8, 4) is 5.69 Å². The van der Waals surface area contributed by atoms with Gasteiger partial charge in [0.05, 0.1) is 18.0 Å². The first-order valence-electron chi connectivity index (χ1n) is 7.77. The molecule has 1 aromatic carbocycles. The molecule has 1 aliphatic rings. The monoisotopic (exact) mass is 307 g/mol. The normalized spacial score (nSPS) is 17.6. The molecule has 3 aromatic rings. The van der Waals surface area contributed by atoms with Gasteiger partial charge in [0.1, 0.15) is 5.76 Å². The Hall–Kier alpha value is -2.82. The average molecular weight is 307 g/mol. The topological polar surface area (TPSA) is 51.3 Å². The highest BCUT2D eigenvalue weighted by Crippen LogP contribution is 2.33. The van der Waals surface area contributed by atoms with Crippen molar-refractivity contribution in [2.45, 2.75) is 18.9 Å². The zero-order chi connectivity index (χ0) is 15.6. The van der Waals surface area contributed by atoms with Gasteiger partial charge in [-0.1, -0.05) is 6.07 Å². The summed E-state index contributed by atoms with van der Waals surface area (Å²) in [4.78, 5) is 14.8. The van der Waals surface area contributed by atoms with Crippen LogP contribution in [0.1, 0.15) is 35.0 Å². The van der Waals surface area contributed by atoms with Crippen LogP contribution in [-0.4, -0.2) is 27.1 Å². The lowest BCUT2D eigenvalue weighted by Crippen LogP contribution is -2.30. The van der Waals surface area contributed by atoms with Crippen LogP contribution in [0.15, 0.2) is 65.5 Å². The molecule has 5 nitrogen and oxygen atoms in total. The van der Waals surface area contributed by atoms with E-state index in [1.807, 2.05) is 53.6 Å². The van der Waals surface area contributed by atoms with Crippen LogP contribution < -0.4 is 0 Å². The lowest BCUT2D eigenvalue weighted by atomic mass is 10.1. The lowest BCUT2D eigenvalue weighted by molar-refractivity contribution is 0.0720. The van der Waals surface area contributed by atoms with Gasteiger partial charge in [-0.25, -0.2) is 4.68 Å². The van der Waals surface area contributed by atoms with Crippen molar-refractivity contribution in [2.75, 3.05) is 6.54 Å². The molecule has 1 saturated heterocycles. The summed E-state index contributed by atoms with van der Waals surface area (Å²) in [5, 5.41) is 4.22. The zero-order valence-electron chi connectivity index (χ0n) is 12.6. The Morgan fingerprint density at radius 1 is 1.22 bits per heavy atom. The first-order chi connectivity index (χ1) is 11.3. The van der Waals surface area contributed by atoms with Crippen LogP contribution in [-0.2, 0) is 0 Å². The molecule has 1 fully saturated rings. The van der Waals surface area contributed by atoms with Gasteiger partial charge in [0.2, 0.25) is 0 Å². The number of carbonyl (C=O) groups is 1. The van der Waals surface area contributed by atoms with Gasteiger partial charge in [-0.15, -0.1) is 0 Å². The van der Waals surface area contributed by atoms with Gasteiger partial charge in [-0.05, 0) is 49.2 Å². The van der Waals surface area contributed by atoms with Crippen LogP contribution in [0.2, 0.25) is 0 Å². The Bertz CT molecular complexity index is 794. The maximum atomic E-state index is 12.9. The fraction of sp³-hybridized carbons (Fsp3) is 0.222. The Morgan fingerprint density at radius 2 is 2.17 bits per heavy atom. The molecule has 1 aliphatic heterocycles. The molecule has 1 amide bonds. The number of aromatic nitrogens is 2. The average Bonchev–Trinajstić information content (AvgIpc) is 3.35. The first-order valence-corrected chi connectivity index (χ1v) is 7.77. The number of hydrogen-bond donors (Lipinski definition) is 0. The summed E-state index contributed by atoms with van der Waals surface area (Å²) in [7, 11) is 0. The number of furan rings is 1. The van der Waals surface area contributed by atoms with Crippen molar-refractivity contribution in [1.82, 2.24) is 14.7 Å². The van der Waals surface area contributed by atoms with Crippen LogP contribution in [0.25, 0.3) is 5.69 Å². The molecule has 23 heavy (non-hydrogen) atoms. The van der Waals surface area contributed by atoms with Gasteiger partial charge in [0.25, 0.3) is 5.91 Å². The first kappa shape index (κ1) is 13.8. The molecule has 116 valence electrons. The summed E-state index contributed by atoms with van der Waals surface area (Å²) < 4.78 is 7.26. The van der Waals surface area contributed by atoms with Crippen molar-refractivity contribution in [1.29, 1.82) is 0 Å². The highest BCUT2D eigenvalue weighted by Gasteiger charge is 2.32. The molecule has 0 radical (unpaired) electrons. The van der Waals surface area contributed by atoms with Gasteiger partial charge in [-0.2, -0.15) is 5.10 Å². The molecule has 2 aromatic heterocycles. The van der Waals surface area contributed by atoms with Gasteiger partial charge in [0.15, 0.2) is 0 Å². The van der Waals surface area contributed by atoms with Crippen LogP contribution in [0, 0.1) is 0 Å². The molecule has 0 spiro atoms. The summed E-state index contributed by atoms with van der Waals surface area (Å²) in [5.41, 5.74) is 1.56. The maximum Gasteiger partial charge on any atom is 0.254 e. The molecule has 3 heterocycles. The fourth-order valence-corrected chi connectivity index (χ4v) is 3.16. The molecular weight excluding hydrogens is 290 g/mol. The highest BCUT2D eigenvalue weighted by atomic mass is 16.3. The molecule has 5 heteroatoms. The van der Waals surface area contributed by atoms with E-state index >= 15 is 0 Å². The number of likely N-dealkylation sites (tertiary alicyclic amines) is 1. The van der Waals surface area contributed by atoms with Crippen LogP contribution >= 0.6 is 0 Å². The Balaban J connectivity index is 1.63. The molecule has 0 unspecified atom stereocenters. The van der Waals surface area contributed by atoms with Gasteiger partial charge >= 0.3 is 0 Å². The second-order valence-electron chi connectivity index (χ2n) is 5.67. The van der Waals surface area contributed by atoms with Crippen molar-refractivity contribution in [3.05, 3.63) is 72.4 Å². The third kappa shape index (κ3) is 2.54. The largest absolute Gasteiger partial charge is 0.467 e.